The fourth-order valence-electron chi connectivity index (χ4n) is 5.12. The van der Waals surface area contributed by atoms with E-state index < -0.39 is 47.6 Å². The van der Waals surface area contributed by atoms with Gasteiger partial charge in [0.05, 0.1) is 36.4 Å². The third kappa shape index (κ3) is 10.00. The summed E-state index contributed by atoms with van der Waals surface area (Å²) < 4.78 is 10.9. The summed E-state index contributed by atoms with van der Waals surface area (Å²) in [7, 11) is 0. The van der Waals surface area contributed by atoms with Crippen molar-refractivity contribution in [2.45, 2.75) is 82.4 Å². The largest absolute Gasteiger partial charge is 0.530 e. The fourth-order valence-corrected chi connectivity index (χ4v) is 5.12. The van der Waals surface area contributed by atoms with Crippen molar-refractivity contribution in [3.8, 4) is 0 Å². The van der Waals surface area contributed by atoms with Crippen LogP contribution < -0.4 is 15.7 Å². The SMILES string of the molecule is CC(C)(C)OC(=O)N[C@@H](Cc1ccccc1)[C@H](O)CNC[C@@H](O)[C@H](Cc1ccccc1)N(C(=O)[O-])C1(C)CCOC1. The van der Waals surface area contributed by atoms with Crippen molar-refractivity contribution >= 4 is 12.2 Å². The number of rotatable bonds is 13. The van der Waals surface area contributed by atoms with Gasteiger partial charge in [0.2, 0.25) is 0 Å². The van der Waals surface area contributed by atoms with E-state index in [0.717, 1.165) is 11.1 Å². The molecule has 10 nitrogen and oxygen atoms in total. The molecular weight excluding hydrogens is 526 g/mol. The van der Waals surface area contributed by atoms with E-state index in [4.69, 9.17) is 9.47 Å². The average molecular weight is 571 g/mol. The van der Waals surface area contributed by atoms with Crippen LogP contribution >= 0.6 is 0 Å². The first-order valence-electron chi connectivity index (χ1n) is 14.1. The average Bonchev–Trinajstić information content (AvgIpc) is 3.34. The van der Waals surface area contributed by atoms with Gasteiger partial charge >= 0.3 is 6.09 Å². The maximum atomic E-state index is 12.5. The number of nitrogens with zero attached hydrogens (tertiary/aromatic N) is 1. The summed E-state index contributed by atoms with van der Waals surface area (Å²) in [6, 6.07) is 17.3. The molecule has 0 saturated carbocycles. The zero-order valence-electron chi connectivity index (χ0n) is 24.4. The number of carboxylic acid groups (broad SMARTS) is 1. The lowest BCUT2D eigenvalue weighted by Gasteiger charge is -2.46. The van der Waals surface area contributed by atoms with E-state index in [0.29, 0.717) is 19.4 Å². The minimum atomic E-state index is -1.37. The highest BCUT2D eigenvalue weighted by molar-refractivity contribution is 5.68. The molecule has 226 valence electrons. The molecule has 1 aliphatic rings. The zero-order chi connectivity index (χ0) is 30.0. The molecule has 1 unspecified atom stereocenters. The number of hydrogen-bond acceptors (Lipinski definition) is 8. The number of carbonyl (C=O) groups is 2. The second kappa shape index (κ2) is 14.6. The van der Waals surface area contributed by atoms with Gasteiger partial charge in [0, 0.05) is 19.7 Å². The Bertz CT molecular complexity index is 1090. The van der Waals surface area contributed by atoms with Crippen LogP contribution in [0.5, 0.6) is 0 Å². The normalized spacial score (nSPS) is 20.0. The maximum Gasteiger partial charge on any atom is 0.407 e. The number of alkyl carbamates (subject to hydrolysis) is 1. The Morgan fingerprint density at radius 2 is 1.56 bits per heavy atom. The van der Waals surface area contributed by atoms with Crippen molar-refractivity contribution in [1.82, 2.24) is 15.5 Å². The van der Waals surface area contributed by atoms with Crippen LogP contribution in [0.2, 0.25) is 0 Å². The number of carbonyl (C=O) groups excluding carboxylic acids is 2. The van der Waals surface area contributed by atoms with Gasteiger partial charge in [0.15, 0.2) is 0 Å². The van der Waals surface area contributed by atoms with Crippen molar-refractivity contribution in [2.24, 2.45) is 0 Å². The Hall–Kier alpha value is -3.18. The molecule has 1 saturated heterocycles. The molecule has 4 N–H and O–H groups in total. The van der Waals surface area contributed by atoms with Crippen LogP contribution in [0.3, 0.4) is 0 Å². The number of hydrogen-bond donors (Lipinski definition) is 4. The van der Waals surface area contributed by atoms with E-state index >= 15 is 0 Å². The van der Waals surface area contributed by atoms with Crippen molar-refractivity contribution in [2.75, 3.05) is 26.3 Å². The number of amides is 2. The van der Waals surface area contributed by atoms with E-state index in [2.05, 4.69) is 10.6 Å². The number of nitrogens with one attached hydrogen (secondary N) is 2. The first-order valence-corrected chi connectivity index (χ1v) is 14.1. The van der Waals surface area contributed by atoms with Gasteiger partial charge in [-0.25, -0.2) is 4.79 Å². The second-order valence-corrected chi connectivity index (χ2v) is 11.9. The molecule has 41 heavy (non-hydrogen) atoms. The Kier molecular flexibility index (Phi) is 11.5. The molecule has 0 aromatic heterocycles. The predicted molar refractivity (Wildman–Crippen MR) is 153 cm³/mol. The van der Waals surface area contributed by atoms with Gasteiger partial charge in [0.25, 0.3) is 0 Å². The number of aliphatic hydroxyl groups is 2. The van der Waals surface area contributed by atoms with Crippen LogP contribution in [0.4, 0.5) is 9.59 Å². The van der Waals surface area contributed by atoms with E-state index in [1.807, 2.05) is 60.7 Å². The summed E-state index contributed by atoms with van der Waals surface area (Å²) >= 11 is 0. The molecule has 1 aliphatic heterocycles. The first kappa shape index (κ1) is 32.3. The highest BCUT2D eigenvalue weighted by Crippen LogP contribution is 2.30. The van der Waals surface area contributed by atoms with Gasteiger partial charge in [0.1, 0.15) is 11.7 Å². The van der Waals surface area contributed by atoms with Crippen molar-refractivity contribution in [3.05, 3.63) is 71.8 Å². The van der Waals surface area contributed by atoms with Gasteiger partial charge < -0.3 is 45.1 Å². The van der Waals surface area contributed by atoms with Crippen LogP contribution in [0.25, 0.3) is 0 Å². The lowest BCUT2D eigenvalue weighted by molar-refractivity contribution is -0.276. The number of ether oxygens (including phenoxy) is 2. The van der Waals surface area contributed by atoms with E-state index in [1.165, 1.54) is 4.90 Å². The molecule has 0 spiro atoms. The smallest absolute Gasteiger partial charge is 0.407 e. The lowest BCUT2D eigenvalue weighted by atomic mass is 9.91. The third-order valence-electron chi connectivity index (χ3n) is 7.21. The van der Waals surface area contributed by atoms with E-state index in [-0.39, 0.29) is 26.1 Å². The molecule has 2 amide bonds. The molecule has 1 heterocycles. The monoisotopic (exact) mass is 570 g/mol. The fraction of sp³-hybridized carbons (Fsp3) is 0.548. The third-order valence-corrected chi connectivity index (χ3v) is 7.21. The Morgan fingerprint density at radius 1 is 1.00 bits per heavy atom. The van der Waals surface area contributed by atoms with Gasteiger partial charge in [-0.1, -0.05) is 60.7 Å². The minimum absolute atomic E-state index is 0.000226. The molecule has 0 bridgehead atoms. The zero-order valence-corrected chi connectivity index (χ0v) is 24.4. The van der Waals surface area contributed by atoms with Crippen LogP contribution in [0.1, 0.15) is 45.2 Å². The van der Waals surface area contributed by atoms with Crippen LogP contribution in [0, 0.1) is 0 Å². The number of benzene rings is 2. The Labute approximate surface area is 242 Å². The second-order valence-electron chi connectivity index (χ2n) is 11.9. The predicted octanol–water partition coefficient (Wildman–Crippen LogP) is 1.87. The Balaban J connectivity index is 1.71. The van der Waals surface area contributed by atoms with E-state index in [1.54, 1.807) is 27.7 Å². The molecule has 2 aromatic rings. The highest BCUT2D eigenvalue weighted by atomic mass is 16.6. The molecular formula is C31H44N3O7-. The summed E-state index contributed by atoms with van der Waals surface area (Å²) in [4.78, 5) is 26.2. The molecule has 5 atom stereocenters. The summed E-state index contributed by atoms with van der Waals surface area (Å²) in [5, 5.41) is 40.6. The van der Waals surface area contributed by atoms with Crippen molar-refractivity contribution < 1.29 is 34.4 Å². The molecule has 2 aromatic carbocycles. The van der Waals surface area contributed by atoms with Gasteiger partial charge in [-0.05, 0) is 58.1 Å². The van der Waals surface area contributed by atoms with Crippen molar-refractivity contribution in [3.63, 3.8) is 0 Å². The molecule has 0 radical (unpaired) electrons. The van der Waals surface area contributed by atoms with Crippen molar-refractivity contribution in [1.29, 1.82) is 0 Å². The molecule has 1 fully saturated rings. The standard InChI is InChI=1S/C31H45N3O7/c1-30(2,3)41-28(37)33-24(17-22-11-7-5-8-12-22)26(35)19-32-20-27(36)25(18-23-13-9-6-10-14-23)34(29(38)39)31(4)15-16-40-21-31/h5-14,24-27,32,35-36H,15-21H2,1-4H3,(H,33,37)(H,38,39)/p-1/t24-,25-,26+,27+,31?/m0/s1. The van der Waals surface area contributed by atoms with Gasteiger partial charge in [-0.15, -0.1) is 0 Å². The van der Waals surface area contributed by atoms with Gasteiger partial charge in [-0.3, -0.25) is 0 Å². The summed E-state index contributed by atoms with van der Waals surface area (Å²) in [6.45, 7) is 7.76. The number of aliphatic hydroxyl groups excluding tert-OH is 2. The van der Waals surface area contributed by atoms with Crippen LogP contribution in [0.15, 0.2) is 60.7 Å². The Morgan fingerprint density at radius 3 is 2.07 bits per heavy atom. The van der Waals surface area contributed by atoms with Crippen LogP contribution in [-0.4, -0.2) is 89.0 Å². The highest BCUT2D eigenvalue weighted by Gasteiger charge is 2.42. The molecule has 10 heteroatoms. The van der Waals surface area contributed by atoms with Crippen LogP contribution in [-0.2, 0) is 22.3 Å². The quantitative estimate of drug-likeness (QED) is 0.286. The molecule has 3 rings (SSSR count). The maximum absolute atomic E-state index is 12.5. The lowest BCUT2D eigenvalue weighted by Crippen LogP contribution is -2.64. The molecule has 0 aliphatic carbocycles. The summed E-state index contributed by atoms with van der Waals surface area (Å²) in [6.07, 6.45) is -3.04. The minimum Gasteiger partial charge on any atom is -0.530 e. The first-order chi connectivity index (χ1) is 19.4. The van der Waals surface area contributed by atoms with E-state index in [9.17, 15) is 24.9 Å². The summed E-state index contributed by atoms with van der Waals surface area (Å²) in [5.41, 5.74) is 0.257. The van der Waals surface area contributed by atoms with Gasteiger partial charge in [-0.2, -0.15) is 0 Å². The summed E-state index contributed by atoms with van der Waals surface area (Å²) in [5.74, 6) is 0. The topological polar surface area (TPSA) is 143 Å².